The van der Waals surface area contributed by atoms with E-state index in [9.17, 15) is 28.0 Å². The second-order valence-electron chi connectivity index (χ2n) is 6.84. The molecule has 2 fully saturated rings. The first kappa shape index (κ1) is 18.2. The first-order chi connectivity index (χ1) is 12.2. The maximum atomic E-state index is 12.9. The molecule has 0 radical (unpaired) electrons. The highest BCUT2D eigenvalue weighted by Crippen LogP contribution is 2.34. The number of carbonyl (C=O) groups is 2. The van der Waals surface area contributed by atoms with Crippen LogP contribution in [0.1, 0.15) is 37.7 Å². The molecule has 0 aromatic heterocycles. The van der Waals surface area contributed by atoms with Gasteiger partial charge in [0.1, 0.15) is 5.54 Å². The molecule has 1 aliphatic carbocycles. The van der Waals surface area contributed by atoms with Gasteiger partial charge in [0.2, 0.25) is 11.8 Å². The van der Waals surface area contributed by atoms with Gasteiger partial charge in [-0.25, -0.2) is 0 Å². The fourth-order valence-electron chi connectivity index (χ4n) is 3.56. The largest absolute Gasteiger partial charge is 0.416 e. The molecular formula is C18H18F3N3O2. The van der Waals surface area contributed by atoms with Crippen LogP contribution < -0.4 is 10.2 Å². The molecule has 1 aromatic carbocycles. The van der Waals surface area contributed by atoms with Crippen LogP contribution in [0.25, 0.3) is 0 Å². The molecule has 1 aliphatic heterocycles. The van der Waals surface area contributed by atoms with Crippen LogP contribution in [-0.4, -0.2) is 23.9 Å². The van der Waals surface area contributed by atoms with Crippen LogP contribution in [0, 0.1) is 17.2 Å². The number of carbonyl (C=O) groups excluding carboxylic acids is 2. The Morgan fingerprint density at radius 2 is 2.00 bits per heavy atom. The number of alkyl halides is 3. The number of halogens is 3. The quantitative estimate of drug-likeness (QED) is 0.895. The third-order valence-electron chi connectivity index (χ3n) is 5.01. The standard InChI is InChI=1S/C18H18F3N3O2/c19-18(20,21)13-4-3-5-14(9-13)24-10-12(8-15(24)25)16(26)23-17(11-22)6-1-2-7-17/h3-5,9,12H,1-2,6-8,10H2,(H,23,26)/t12-/m0/s1. The normalized spacial score (nSPS) is 22.3. The lowest BCUT2D eigenvalue weighted by Gasteiger charge is -2.24. The van der Waals surface area contributed by atoms with Crippen molar-refractivity contribution in [2.24, 2.45) is 5.92 Å². The fraction of sp³-hybridized carbons (Fsp3) is 0.500. The van der Waals surface area contributed by atoms with E-state index >= 15 is 0 Å². The molecular weight excluding hydrogens is 347 g/mol. The number of hydrogen-bond acceptors (Lipinski definition) is 3. The lowest BCUT2D eigenvalue weighted by molar-refractivity contribution is -0.137. The van der Waals surface area contributed by atoms with E-state index in [2.05, 4.69) is 11.4 Å². The zero-order chi connectivity index (χ0) is 18.9. The van der Waals surface area contributed by atoms with Gasteiger partial charge < -0.3 is 10.2 Å². The molecule has 1 saturated carbocycles. The Hall–Kier alpha value is -2.56. The molecule has 1 aromatic rings. The maximum absolute atomic E-state index is 12.9. The number of rotatable bonds is 3. The van der Waals surface area contributed by atoms with Gasteiger partial charge in [0, 0.05) is 18.7 Å². The highest BCUT2D eigenvalue weighted by molar-refractivity contribution is 6.00. The Morgan fingerprint density at radius 1 is 1.31 bits per heavy atom. The van der Waals surface area contributed by atoms with E-state index in [1.54, 1.807) is 0 Å². The van der Waals surface area contributed by atoms with Crippen molar-refractivity contribution in [1.82, 2.24) is 5.32 Å². The molecule has 138 valence electrons. The molecule has 5 nitrogen and oxygen atoms in total. The Bertz CT molecular complexity index is 764. The van der Waals surface area contributed by atoms with E-state index in [1.807, 2.05) is 0 Å². The van der Waals surface area contributed by atoms with Crippen molar-refractivity contribution in [3.63, 3.8) is 0 Å². The summed E-state index contributed by atoms with van der Waals surface area (Å²) in [5, 5.41) is 12.1. The van der Waals surface area contributed by atoms with Crippen LogP contribution in [0.3, 0.4) is 0 Å². The minimum Gasteiger partial charge on any atom is -0.338 e. The van der Waals surface area contributed by atoms with Crippen molar-refractivity contribution < 1.29 is 22.8 Å². The molecule has 1 saturated heterocycles. The number of anilines is 1. The molecule has 1 N–H and O–H groups in total. The average Bonchev–Trinajstić information content (AvgIpc) is 3.21. The van der Waals surface area contributed by atoms with Gasteiger partial charge in [-0.2, -0.15) is 18.4 Å². The molecule has 2 aliphatic rings. The van der Waals surface area contributed by atoms with E-state index in [0.29, 0.717) is 12.8 Å². The smallest absolute Gasteiger partial charge is 0.338 e. The lowest BCUT2D eigenvalue weighted by Crippen LogP contribution is -2.48. The minimum absolute atomic E-state index is 0.00743. The molecule has 0 spiro atoms. The molecule has 8 heteroatoms. The summed E-state index contributed by atoms with van der Waals surface area (Å²) in [4.78, 5) is 25.9. The van der Waals surface area contributed by atoms with E-state index in [1.165, 1.54) is 17.0 Å². The van der Waals surface area contributed by atoms with Gasteiger partial charge in [-0.3, -0.25) is 9.59 Å². The van der Waals surface area contributed by atoms with Crippen molar-refractivity contribution in [3.8, 4) is 6.07 Å². The fourth-order valence-corrected chi connectivity index (χ4v) is 3.56. The summed E-state index contributed by atoms with van der Waals surface area (Å²) in [7, 11) is 0. The Kier molecular flexibility index (Phi) is 4.65. The van der Waals surface area contributed by atoms with Gasteiger partial charge in [0.25, 0.3) is 0 Å². The summed E-state index contributed by atoms with van der Waals surface area (Å²) in [5.74, 6) is -1.47. The first-order valence-electron chi connectivity index (χ1n) is 8.45. The molecule has 1 atom stereocenters. The Morgan fingerprint density at radius 3 is 2.62 bits per heavy atom. The zero-order valence-electron chi connectivity index (χ0n) is 14.0. The second-order valence-corrected chi connectivity index (χ2v) is 6.84. The van der Waals surface area contributed by atoms with Crippen molar-refractivity contribution >= 4 is 17.5 Å². The SMILES string of the molecule is N#CC1(NC(=O)[C@H]2CC(=O)N(c3cccc(C(F)(F)F)c3)C2)CCCC1. The van der Waals surface area contributed by atoms with Crippen molar-refractivity contribution in [1.29, 1.82) is 5.26 Å². The van der Waals surface area contributed by atoms with Gasteiger partial charge in [-0.1, -0.05) is 6.07 Å². The van der Waals surface area contributed by atoms with Gasteiger partial charge in [-0.15, -0.1) is 0 Å². The van der Waals surface area contributed by atoms with E-state index < -0.39 is 35.0 Å². The van der Waals surface area contributed by atoms with Crippen molar-refractivity contribution in [2.75, 3.05) is 11.4 Å². The molecule has 2 amide bonds. The molecule has 1 heterocycles. The van der Waals surface area contributed by atoms with E-state index in [4.69, 9.17) is 0 Å². The Labute approximate surface area is 148 Å². The van der Waals surface area contributed by atoms with Crippen LogP contribution in [0.2, 0.25) is 0 Å². The highest BCUT2D eigenvalue weighted by Gasteiger charge is 2.41. The number of nitrogens with zero attached hydrogens (tertiary/aromatic N) is 2. The summed E-state index contributed by atoms with van der Waals surface area (Å²) in [5.41, 5.74) is -1.61. The summed E-state index contributed by atoms with van der Waals surface area (Å²) in [6.45, 7) is 0.00743. The number of nitrogens with one attached hydrogen (secondary N) is 1. The summed E-state index contributed by atoms with van der Waals surface area (Å²) < 4.78 is 38.6. The van der Waals surface area contributed by atoms with Crippen LogP contribution in [0.5, 0.6) is 0 Å². The van der Waals surface area contributed by atoms with Crippen LogP contribution in [0.4, 0.5) is 18.9 Å². The second kappa shape index (κ2) is 6.63. The predicted octanol–water partition coefficient (Wildman–Crippen LogP) is 3.01. The minimum atomic E-state index is -4.50. The third kappa shape index (κ3) is 3.52. The number of nitriles is 1. The predicted molar refractivity (Wildman–Crippen MR) is 86.9 cm³/mol. The number of amides is 2. The molecule has 0 bridgehead atoms. The number of hydrogen-bond donors (Lipinski definition) is 1. The maximum Gasteiger partial charge on any atom is 0.416 e. The monoisotopic (exact) mass is 365 g/mol. The van der Waals surface area contributed by atoms with Gasteiger partial charge in [-0.05, 0) is 43.9 Å². The van der Waals surface area contributed by atoms with Gasteiger partial charge in [0.15, 0.2) is 0 Å². The van der Waals surface area contributed by atoms with Crippen molar-refractivity contribution in [2.45, 2.75) is 43.8 Å². The topological polar surface area (TPSA) is 73.2 Å². The summed E-state index contributed by atoms with van der Waals surface area (Å²) >= 11 is 0. The lowest BCUT2D eigenvalue weighted by atomic mass is 9.97. The highest BCUT2D eigenvalue weighted by atomic mass is 19.4. The van der Waals surface area contributed by atoms with Gasteiger partial charge >= 0.3 is 6.18 Å². The molecule has 0 unspecified atom stereocenters. The van der Waals surface area contributed by atoms with Crippen LogP contribution in [-0.2, 0) is 15.8 Å². The average molecular weight is 365 g/mol. The third-order valence-corrected chi connectivity index (χ3v) is 5.01. The van der Waals surface area contributed by atoms with Crippen LogP contribution in [0.15, 0.2) is 24.3 Å². The van der Waals surface area contributed by atoms with Crippen molar-refractivity contribution in [3.05, 3.63) is 29.8 Å². The van der Waals surface area contributed by atoms with Crippen LogP contribution >= 0.6 is 0 Å². The first-order valence-corrected chi connectivity index (χ1v) is 8.45. The molecule has 26 heavy (non-hydrogen) atoms. The van der Waals surface area contributed by atoms with E-state index in [0.717, 1.165) is 25.0 Å². The van der Waals surface area contributed by atoms with Gasteiger partial charge in [0.05, 0.1) is 17.6 Å². The Balaban J connectivity index is 1.73. The zero-order valence-corrected chi connectivity index (χ0v) is 14.0. The van der Waals surface area contributed by atoms with E-state index in [-0.39, 0.29) is 18.7 Å². The summed E-state index contributed by atoms with van der Waals surface area (Å²) in [6.07, 6.45) is -1.72. The number of benzene rings is 1. The molecule has 3 rings (SSSR count). The summed E-state index contributed by atoms with van der Waals surface area (Å²) in [6, 6.07) is 6.65.